The van der Waals surface area contributed by atoms with Gasteiger partial charge in [-0.3, -0.25) is 0 Å². The van der Waals surface area contributed by atoms with E-state index in [2.05, 4.69) is 23.8 Å². The van der Waals surface area contributed by atoms with E-state index < -0.39 is 0 Å². The normalized spacial score (nSPS) is 10.6. The van der Waals surface area contributed by atoms with Gasteiger partial charge < -0.3 is 10.6 Å². The molecule has 1 aromatic heterocycles. The molecule has 0 bridgehead atoms. The molecule has 0 atom stereocenters. The lowest BCUT2D eigenvalue weighted by Crippen LogP contribution is -2.24. The molecular weight excluding hydrogens is 200 g/mol. The summed E-state index contributed by atoms with van der Waals surface area (Å²) >= 11 is 5.98. The van der Waals surface area contributed by atoms with Crippen LogP contribution in [0.5, 0.6) is 0 Å². The van der Waals surface area contributed by atoms with Crippen molar-refractivity contribution in [3.8, 4) is 0 Å². The Labute approximate surface area is 89.1 Å². The molecule has 5 heteroatoms. The summed E-state index contributed by atoms with van der Waals surface area (Å²) in [6.07, 6.45) is 1.42. The second kappa shape index (κ2) is 4.46. The highest BCUT2D eigenvalue weighted by atomic mass is 35.5. The molecule has 0 aliphatic heterocycles. The van der Waals surface area contributed by atoms with Crippen molar-refractivity contribution in [2.45, 2.75) is 13.8 Å². The highest BCUT2D eigenvalue weighted by Gasteiger charge is 2.11. The first kappa shape index (κ1) is 11.0. The predicted molar refractivity (Wildman–Crippen MR) is 59.6 cm³/mol. The molecule has 1 rings (SSSR count). The average molecular weight is 215 g/mol. The van der Waals surface area contributed by atoms with Gasteiger partial charge in [0.25, 0.3) is 0 Å². The Morgan fingerprint density at radius 3 is 2.71 bits per heavy atom. The van der Waals surface area contributed by atoms with Gasteiger partial charge in [0.2, 0.25) is 0 Å². The Bertz CT molecular complexity index is 314. The molecule has 1 aromatic rings. The number of hydrogen-bond acceptors (Lipinski definition) is 4. The zero-order valence-electron chi connectivity index (χ0n) is 8.66. The summed E-state index contributed by atoms with van der Waals surface area (Å²) < 4.78 is 0. The molecule has 2 N–H and O–H groups in total. The van der Waals surface area contributed by atoms with E-state index in [1.807, 2.05) is 11.9 Å². The summed E-state index contributed by atoms with van der Waals surface area (Å²) in [6, 6.07) is 0. The van der Waals surface area contributed by atoms with Crippen LogP contribution in [0.1, 0.15) is 13.8 Å². The topological polar surface area (TPSA) is 55.0 Å². The van der Waals surface area contributed by atoms with Crippen LogP contribution in [0.2, 0.25) is 5.02 Å². The lowest BCUT2D eigenvalue weighted by molar-refractivity contribution is 0.634. The maximum atomic E-state index is 5.98. The number of nitrogens with two attached hydrogens (primary N) is 1. The van der Waals surface area contributed by atoms with Crippen molar-refractivity contribution < 1.29 is 0 Å². The summed E-state index contributed by atoms with van der Waals surface area (Å²) in [6.45, 7) is 5.15. The molecule has 1 heterocycles. The molecule has 0 aliphatic carbocycles. The van der Waals surface area contributed by atoms with E-state index in [4.69, 9.17) is 17.3 Å². The second-order valence-electron chi connectivity index (χ2n) is 3.67. The lowest BCUT2D eigenvalue weighted by atomic mass is 10.2. The Morgan fingerprint density at radius 1 is 1.50 bits per heavy atom. The number of nitrogen functional groups attached to an aromatic ring is 1. The van der Waals surface area contributed by atoms with Gasteiger partial charge in [0, 0.05) is 13.6 Å². The minimum Gasteiger partial charge on any atom is -0.382 e. The molecule has 0 unspecified atom stereocenters. The molecule has 0 amide bonds. The van der Waals surface area contributed by atoms with Crippen molar-refractivity contribution in [3.05, 3.63) is 11.3 Å². The zero-order chi connectivity index (χ0) is 10.7. The Morgan fingerprint density at radius 2 is 2.14 bits per heavy atom. The molecule has 0 saturated carbocycles. The van der Waals surface area contributed by atoms with E-state index in [-0.39, 0.29) is 0 Å². The van der Waals surface area contributed by atoms with Gasteiger partial charge in [0.1, 0.15) is 17.2 Å². The number of anilines is 2. The van der Waals surface area contributed by atoms with E-state index in [1.54, 1.807) is 0 Å². The largest absolute Gasteiger partial charge is 0.382 e. The predicted octanol–water partition coefficient (Wildman–Crippen LogP) is 1.80. The highest BCUT2D eigenvalue weighted by molar-refractivity contribution is 6.35. The maximum Gasteiger partial charge on any atom is 0.152 e. The van der Waals surface area contributed by atoms with Gasteiger partial charge in [-0.1, -0.05) is 25.4 Å². The summed E-state index contributed by atoms with van der Waals surface area (Å²) in [7, 11) is 1.94. The fourth-order valence-electron chi connectivity index (χ4n) is 1.27. The molecule has 0 aliphatic rings. The number of rotatable bonds is 3. The third kappa shape index (κ3) is 2.48. The summed E-state index contributed by atoms with van der Waals surface area (Å²) in [5.74, 6) is 1.56. The second-order valence-corrected chi connectivity index (χ2v) is 4.05. The van der Waals surface area contributed by atoms with E-state index in [0.29, 0.717) is 22.6 Å². The minimum absolute atomic E-state index is 0.326. The SMILES string of the molecule is CC(C)CN(C)c1ncnc(N)c1Cl. The quantitative estimate of drug-likeness (QED) is 0.834. The zero-order valence-corrected chi connectivity index (χ0v) is 9.41. The van der Waals surface area contributed by atoms with Gasteiger partial charge in [-0.2, -0.15) is 0 Å². The third-order valence-electron chi connectivity index (χ3n) is 1.80. The Hall–Kier alpha value is -1.03. The van der Waals surface area contributed by atoms with Gasteiger partial charge in [-0.25, -0.2) is 9.97 Å². The van der Waals surface area contributed by atoms with Gasteiger partial charge in [-0.15, -0.1) is 0 Å². The molecule has 0 spiro atoms. The summed E-state index contributed by atoms with van der Waals surface area (Å²) in [5, 5.41) is 0.427. The van der Waals surface area contributed by atoms with E-state index >= 15 is 0 Å². The van der Waals surface area contributed by atoms with E-state index in [9.17, 15) is 0 Å². The third-order valence-corrected chi connectivity index (χ3v) is 2.16. The number of aromatic nitrogens is 2. The van der Waals surface area contributed by atoms with Crippen molar-refractivity contribution in [1.82, 2.24) is 9.97 Å². The van der Waals surface area contributed by atoms with Gasteiger partial charge in [0.15, 0.2) is 5.82 Å². The van der Waals surface area contributed by atoms with Crippen LogP contribution in [0.4, 0.5) is 11.6 Å². The summed E-state index contributed by atoms with van der Waals surface area (Å²) in [4.78, 5) is 9.88. The van der Waals surface area contributed by atoms with Crippen LogP contribution in [-0.4, -0.2) is 23.6 Å². The number of hydrogen-bond donors (Lipinski definition) is 1. The monoisotopic (exact) mass is 214 g/mol. The molecule has 0 aromatic carbocycles. The molecule has 0 fully saturated rings. The molecule has 4 nitrogen and oxygen atoms in total. The minimum atomic E-state index is 0.326. The number of nitrogens with zero attached hydrogens (tertiary/aromatic N) is 3. The van der Waals surface area contributed by atoms with Crippen LogP contribution < -0.4 is 10.6 Å². The molecule has 0 saturated heterocycles. The van der Waals surface area contributed by atoms with E-state index in [0.717, 1.165) is 6.54 Å². The van der Waals surface area contributed by atoms with Crippen molar-refractivity contribution in [2.75, 3.05) is 24.2 Å². The van der Waals surface area contributed by atoms with Crippen molar-refractivity contribution in [1.29, 1.82) is 0 Å². The average Bonchev–Trinajstić information content (AvgIpc) is 2.08. The standard InChI is InChI=1S/C9H15ClN4/c1-6(2)4-14(3)9-7(10)8(11)12-5-13-9/h5-6H,4H2,1-3H3,(H2,11,12,13). The van der Waals surface area contributed by atoms with Crippen LogP contribution in [0.15, 0.2) is 6.33 Å². The molecule has 0 radical (unpaired) electrons. The van der Waals surface area contributed by atoms with Crippen LogP contribution in [0, 0.1) is 5.92 Å². The first-order chi connectivity index (χ1) is 6.52. The lowest BCUT2D eigenvalue weighted by Gasteiger charge is -2.21. The number of halogens is 1. The Kier molecular flexibility index (Phi) is 3.52. The smallest absolute Gasteiger partial charge is 0.152 e. The van der Waals surface area contributed by atoms with Gasteiger partial charge >= 0.3 is 0 Å². The maximum absolute atomic E-state index is 5.98. The molecule has 78 valence electrons. The highest BCUT2D eigenvalue weighted by Crippen LogP contribution is 2.26. The van der Waals surface area contributed by atoms with Crippen LogP contribution in [0.3, 0.4) is 0 Å². The van der Waals surface area contributed by atoms with Crippen LogP contribution in [-0.2, 0) is 0 Å². The first-order valence-electron chi connectivity index (χ1n) is 4.49. The van der Waals surface area contributed by atoms with E-state index in [1.165, 1.54) is 6.33 Å². The summed E-state index contributed by atoms with van der Waals surface area (Å²) in [5.41, 5.74) is 5.58. The van der Waals surface area contributed by atoms with Gasteiger partial charge in [0.05, 0.1) is 0 Å². The Balaban J connectivity index is 2.89. The first-order valence-corrected chi connectivity index (χ1v) is 4.87. The van der Waals surface area contributed by atoms with Gasteiger partial charge in [-0.05, 0) is 5.92 Å². The van der Waals surface area contributed by atoms with Crippen molar-refractivity contribution in [3.63, 3.8) is 0 Å². The van der Waals surface area contributed by atoms with Crippen molar-refractivity contribution >= 4 is 23.2 Å². The van der Waals surface area contributed by atoms with Crippen LogP contribution in [0.25, 0.3) is 0 Å². The molecule has 14 heavy (non-hydrogen) atoms. The van der Waals surface area contributed by atoms with Crippen molar-refractivity contribution in [2.24, 2.45) is 5.92 Å². The molecular formula is C9H15ClN4. The van der Waals surface area contributed by atoms with Crippen LogP contribution >= 0.6 is 11.6 Å². The fraction of sp³-hybridized carbons (Fsp3) is 0.556. The fourth-order valence-corrected chi connectivity index (χ4v) is 1.52.